The number of hydrogen-bond donors (Lipinski definition) is 1. The van der Waals surface area contributed by atoms with E-state index < -0.39 is 0 Å². The van der Waals surface area contributed by atoms with E-state index in [2.05, 4.69) is 111 Å². The first-order chi connectivity index (χ1) is 12.8. The van der Waals surface area contributed by atoms with Crippen LogP contribution in [0.15, 0.2) is 79.1 Å². The molecule has 126 valence electrons. The van der Waals surface area contributed by atoms with Crippen LogP contribution in [-0.2, 0) is 0 Å². The molecule has 1 unspecified atom stereocenters. The lowest BCUT2D eigenvalue weighted by atomic mass is 9.96. The van der Waals surface area contributed by atoms with Gasteiger partial charge in [0.05, 0.1) is 0 Å². The van der Waals surface area contributed by atoms with E-state index in [0.717, 1.165) is 17.2 Å². The molecule has 1 N–H and O–H groups in total. The summed E-state index contributed by atoms with van der Waals surface area (Å²) in [4.78, 5) is 4.40. The van der Waals surface area contributed by atoms with Crippen molar-refractivity contribution >= 4 is 45.0 Å². The van der Waals surface area contributed by atoms with E-state index in [4.69, 9.17) is 0 Å². The van der Waals surface area contributed by atoms with E-state index >= 15 is 0 Å². The average Bonchev–Trinajstić information content (AvgIpc) is 3.16. The first kappa shape index (κ1) is 15.6. The van der Waals surface area contributed by atoms with Gasteiger partial charge < -0.3 is 5.32 Å². The van der Waals surface area contributed by atoms with Gasteiger partial charge in [-0.05, 0) is 62.7 Å². The van der Waals surface area contributed by atoms with Crippen LogP contribution in [0.5, 0.6) is 0 Å². The fraction of sp³-hybridized carbons (Fsp3) is 0.0476. The molecule has 4 aromatic rings. The molecule has 3 aromatic carbocycles. The normalized spacial score (nSPS) is 16.0. The summed E-state index contributed by atoms with van der Waals surface area (Å²) in [6, 6.07) is 23.4. The summed E-state index contributed by atoms with van der Waals surface area (Å²) in [5.41, 5.74) is 3.42. The lowest BCUT2D eigenvalue weighted by molar-refractivity contribution is 0.615. The van der Waals surface area contributed by atoms with Crippen LogP contribution < -0.4 is 5.32 Å². The zero-order valence-electron chi connectivity index (χ0n) is 13.8. The summed E-state index contributed by atoms with van der Waals surface area (Å²) in [5.74, 6) is 0.763. The zero-order valence-corrected chi connectivity index (χ0v) is 16.0. The lowest BCUT2D eigenvalue weighted by Gasteiger charge is -2.25. The van der Waals surface area contributed by atoms with Crippen molar-refractivity contribution in [2.75, 3.05) is 5.32 Å². The van der Waals surface area contributed by atoms with Crippen LogP contribution in [0.1, 0.15) is 17.2 Å². The summed E-state index contributed by atoms with van der Waals surface area (Å²) < 4.78 is 3.16. The van der Waals surface area contributed by atoms with Gasteiger partial charge >= 0.3 is 0 Å². The molecule has 1 aliphatic rings. The van der Waals surface area contributed by atoms with Crippen LogP contribution in [0.25, 0.3) is 16.5 Å². The van der Waals surface area contributed by atoms with Gasteiger partial charge in [0.15, 0.2) is 0 Å². The largest absolute Gasteiger partial charge is 0.324 e. The van der Waals surface area contributed by atoms with Crippen LogP contribution in [0.2, 0.25) is 0 Å². The van der Waals surface area contributed by atoms with Gasteiger partial charge in [-0.2, -0.15) is 10.1 Å². The molecular formula is C21H15IN4. The topological polar surface area (TPSA) is 42.7 Å². The first-order valence-electron chi connectivity index (χ1n) is 8.41. The third-order valence-corrected chi connectivity index (χ3v) is 5.42. The third kappa shape index (κ3) is 2.59. The number of aromatic nitrogens is 3. The molecule has 4 nitrogen and oxygen atoms in total. The zero-order chi connectivity index (χ0) is 17.5. The van der Waals surface area contributed by atoms with E-state index in [-0.39, 0.29) is 6.04 Å². The summed E-state index contributed by atoms with van der Waals surface area (Å²) in [6.07, 6.45) is 3.83. The molecule has 0 amide bonds. The van der Waals surface area contributed by atoms with E-state index in [1.807, 2.05) is 4.68 Å². The Morgan fingerprint density at radius 1 is 0.923 bits per heavy atom. The molecule has 2 heterocycles. The van der Waals surface area contributed by atoms with Gasteiger partial charge in [0.25, 0.3) is 0 Å². The minimum Gasteiger partial charge on any atom is -0.324 e. The monoisotopic (exact) mass is 450 g/mol. The molecule has 26 heavy (non-hydrogen) atoms. The maximum atomic E-state index is 4.46. The Kier molecular flexibility index (Phi) is 3.74. The van der Waals surface area contributed by atoms with Crippen LogP contribution in [0.4, 0.5) is 5.95 Å². The van der Waals surface area contributed by atoms with Gasteiger partial charge in [-0.15, -0.1) is 0 Å². The molecule has 0 aliphatic carbocycles. The van der Waals surface area contributed by atoms with E-state index in [1.54, 1.807) is 6.33 Å². The molecule has 5 heteroatoms. The second-order valence-corrected chi connectivity index (χ2v) is 7.50. The molecule has 5 rings (SSSR count). The number of rotatable bonds is 2. The first-order valence-corrected chi connectivity index (χ1v) is 9.49. The predicted octanol–water partition coefficient (Wildman–Crippen LogP) is 5.09. The van der Waals surface area contributed by atoms with Crippen molar-refractivity contribution in [1.29, 1.82) is 0 Å². The number of anilines is 1. The summed E-state index contributed by atoms with van der Waals surface area (Å²) >= 11 is 2.32. The lowest BCUT2D eigenvalue weighted by Crippen LogP contribution is -2.20. The van der Waals surface area contributed by atoms with Crippen molar-refractivity contribution in [3.63, 3.8) is 0 Å². The maximum absolute atomic E-state index is 4.46. The van der Waals surface area contributed by atoms with E-state index in [9.17, 15) is 0 Å². The second kappa shape index (κ2) is 6.25. The fourth-order valence-electron chi connectivity index (χ4n) is 3.46. The second-order valence-electron chi connectivity index (χ2n) is 6.25. The molecule has 1 atom stereocenters. The summed E-state index contributed by atoms with van der Waals surface area (Å²) in [7, 11) is 0. The Morgan fingerprint density at radius 2 is 1.73 bits per heavy atom. The number of halogens is 1. The minimum absolute atomic E-state index is 0.00544. The van der Waals surface area contributed by atoms with Crippen molar-refractivity contribution in [2.45, 2.75) is 6.04 Å². The molecule has 0 fully saturated rings. The van der Waals surface area contributed by atoms with E-state index in [0.29, 0.717) is 0 Å². The highest BCUT2D eigenvalue weighted by Crippen LogP contribution is 2.35. The highest BCUT2D eigenvalue weighted by Gasteiger charge is 2.24. The summed E-state index contributed by atoms with van der Waals surface area (Å²) in [5, 5.41) is 10.3. The van der Waals surface area contributed by atoms with Crippen LogP contribution in [-0.4, -0.2) is 14.8 Å². The van der Waals surface area contributed by atoms with Crippen molar-refractivity contribution in [1.82, 2.24) is 14.8 Å². The van der Waals surface area contributed by atoms with Crippen LogP contribution in [0.3, 0.4) is 0 Å². The Labute approximate surface area is 164 Å². The molecule has 0 saturated carbocycles. The number of benzene rings is 3. The maximum Gasteiger partial charge on any atom is 0.226 e. The smallest absolute Gasteiger partial charge is 0.226 e. The number of hydrogen-bond acceptors (Lipinski definition) is 3. The van der Waals surface area contributed by atoms with E-state index in [1.165, 1.54) is 19.9 Å². The van der Waals surface area contributed by atoms with Crippen molar-refractivity contribution in [3.05, 3.63) is 93.8 Å². The SMILES string of the molecule is Ic1ccc(C2=CC(c3cccc4ccccc34)n3ncnc3N2)cc1. The third-order valence-electron chi connectivity index (χ3n) is 4.70. The van der Waals surface area contributed by atoms with Gasteiger partial charge in [-0.3, -0.25) is 0 Å². The van der Waals surface area contributed by atoms with Gasteiger partial charge in [0.1, 0.15) is 12.4 Å². The summed E-state index contributed by atoms with van der Waals surface area (Å²) in [6.45, 7) is 0. The molecule has 0 radical (unpaired) electrons. The Morgan fingerprint density at radius 3 is 2.62 bits per heavy atom. The molecule has 0 spiro atoms. The Balaban J connectivity index is 1.70. The number of nitrogens with zero attached hydrogens (tertiary/aromatic N) is 3. The number of allylic oxidation sites excluding steroid dienone is 1. The van der Waals surface area contributed by atoms with Gasteiger partial charge in [0, 0.05) is 9.27 Å². The highest BCUT2D eigenvalue weighted by molar-refractivity contribution is 14.1. The quantitative estimate of drug-likeness (QED) is 0.433. The highest BCUT2D eigenvalue weighted by atomic mass is 127. The van der Waals surface area contributed by atoms with Crippen molar-refractivity contribution in [2.24, 2.45) is 0 Å². The Hall–Kier alpha value is -2.67. The average molecular weight is 450 g/mol. The molecule has 1 aliphatic heterocycles. The number of fused-ring (bicyclic) bond motifs is 2. The van der Waals surface area contributed by atoms with Crippen molar-refractivity contribution < 1.29 is 0 Å². The van der Waals surface area contributed by atoms with Crippen LogP contribution in [0, 0.1) is 3.57 Å². The minimum atomic E-state index is -0.00544. The van der Waals surface area contributed by atoms with Crippen LogP contribution >= 0.6 is 22.6 Å². The predicted molar refractivity (Wildman–Crippen MR) is 113 cm³/mol. The molecular weight excluding hydrogens is 435 g/mol. The van der Waals surface area contributed by atoms with Gasteiger partial charge in [-0.25, -0.2) is 4.68 Å². The molecule has 0 bridgehead atoms. The molecule has 1 aromatic heterocycles. The van der Waals surface area contributed by atoms with Crippen molar-refractivity contribution in [3.8, 4) is 0 Å². The fourth-order valence-corrected chi connectivity index (χ4v) is 3.82. The number of nitrogens with one attached hydrogen (secondary N) is 1. The van der Waals surface area contributed by atoms with Gasteiger partial charge in [-0.1, -0.05) is 54.6 Å². The van der Waals surface area contributed by atoms with Gasteiger partial charge in [0.2, 0.25) is 5.95 Å². The molecule has 0 saturated heterocycles. The Bertz CT molecular complexity index is 1120. The standard InChI is InChI=1S/C21H15IN4/c22-16-10-8-15(9-11-16)19-12-20(26-21(25-19)23-13-24-26)18-7-3-5-14-4-1-2-6-17(14)18/h1-13,20H,(H,23,24,25).